The highest BCUT2D eigenvalue weighted by molar-refractivity contribution is 5.32. The van der Waals surface area contributed by atoms with Crippen LogP contribution in [-0.4, -0.2) is 25.4 Å². The van der Waals surface area contributed by atoms with Gasteiger partial charge in [-0.1, -0.05) is 37.6 Å². The molecule has 0 unspecified atom stereocenters. The summed E-state index contributed by atoms with van der Waals surface area (Å²) in [5.41, 5.74) is 2.42. The standard InChI is InChI=1S/C19H26O3/c1-12-9-13(2)19(10-20)11-22-18(17(12)14(19)3)15-5-7-16(21-4)8-6-15/h5-9,13-14,17-18,20H,10-11H2,1-4H3/t13-,14+,17+,18-,19-/m1/s1. The average molecular weight is 302 g/mol. The van der Waals surface area contributed by atoms with Gasteiger partial charge in [-0.05, 0) is 36.5 Å². The van der Waals surface area contributed by atoms with E-state index in [4.69, 9.17) is 9.47 Å². The fourth-order valence-corrected chi connectivity index (χ4v) is 4.38. The number of fused-ring (bicyclic) bond motifs is 2. The number of aliphatic hydroxyl groups excluding tert-OH is 1. The van der Waals surface area contributed by atoms with Crippen LogP contribution < -0.4 is 4.74 Å². The lowest BCUT2D eigenvalue weighted by atomic mass is 9.56. The minimum Gasteiger partial charge on any atom is -0.497 e. The quantitative estimate of drug-likeness (QED) is 0.867. The molecule has 1 aromatic rings. The van der Waals surface area contributed by atoms with E-state index < -0.39 is 0 Å². The predicted octanol–water partition coefficient (Wildman–Crippen LogP) is 3.59. The van der Waals surface area contributed by atoms with Crippen molar-refractivity contribution in [1.29, 1.82) is 0 Å². The first-order valence-corrected chi connectivity index (χ1v) is 8.08. The molecule has 0 radical (unpaired) electrons. The van der Waals surface area contributed by atoms with E-state index in [9.17, 15) is 5.11 Å². The van der Waals surface area contributed by atoms with E-state index >= 15 is 0 Å². The van der Waals surface area contributed by atoms with E-state index in [1.165, 1.54) is 11.1 Å². The van der Waals surface area contributed by atoms with Crippen LogP contribution in [0.25, 0.3) is 0 Å². The van der Waals surface area contributed by atoms with Crippen LogP contribution in [0.3, 0.4) is 0 Å². The van der Waals surface area contributed by atoms with Gasteiger partial charge in [-0.25, -0.2) is 0 Å². The average Bonchev–Trinajstić information content (AvgIpc) is 2.53. The zero-order valence-corrected chi connectivity index (χ0v) is 13.9. The lowest BCUT2D eigenvalue weighted by molar-refractivity contribution is -0.165. The molecule has 1 aliphatic heterocycles. The van der Waals surface area contributed by atoms with Gasteiger partial charge in [0.15, 0.2) is 0 Å². The summed E-state index contributed by atoms with van der Waals surface area (Å²) in [6, 6.07) is 8.16. The topological polar surface area (TPSA) is 38.7 Å². The summed E-state index contributed by atoms with van der Waals surface area (Å²) in [6.07, 6.45) is 2.39. The fraction of sp³-hybridized carbons (Fsp3) is 0.579. The second kappa shape index (κ2) is 5.71. The second-order valence-corrected chi connectivity index (χ2v) is 6.91. The van der Waals surface area contributed by atoms with Gasteiger partial charge in [0.05, 0.1) is 26.4 Å². The monoisotopic (exact) mass is 302 g/mol. The molecular formula is C19H26O3. The molecule has 1 heterocycles. The summed E-state index contributed by atoms with van der Waals surface area (Å²) in [5, 5.41) is 10.0. The van der Waals surface area contributed by atoms with Gasteiger partial charge in [-0.2, -0.15) is 0 Å². The van der Waals surface area contributed by atoms with Gasteiger partial charge in [0.1, 0.15) is 5.75 Å². The van der Waals surface area contributed by atoms with E-state index in [0.29, 0.717) is 24.4 Å². The van der Waals surface area contributed by atoms with Crippen LogP contribution in [0.5, 0.6) is 5.75 Å². The van der Waals surface area contributed by atoms with Gasteiger partial charge in [-0.15, -0.1) is 0 Å². The third kappa shape index (κ3) is 2.19. The molecule has 0 aromatic heterocycles. The third-order valence-electron chi connectivity index (χ3n) is 5.99. The van der Waals surface area contributed by atoms with E-state index in [0.717, 1.165) is 5.75 Å². The van der Waals surface area contributed by atoms with E-state index in [2.05, 4.69) is 39.0 Å². The van der Waals surface area contributed by atoms with Gasteiger partial charge < -0.3 is 14.6 Å². The summed E-state index contributed by atoms with van der Waals surface area (Å²) in [4.78, 5) is 0. The molecule has 5 atom stereocenters. The van der Waals surface area contributed by atoms with Gasteiger partial charge in [0.25, 0.3) is 0 Å². The van der Waals surface area contributed by atoms with Gasteiger partial charge in [0.2, 0.25) is 0 Å². The van der Waals surface area contributed by atoms with Crippen molar-refractivity contribution in [2.24, 2.45) is 23.2 Å². The minimum atomic E-state index is -0.146. The number of ether oxygens (including phenoxy) is 2. The number of benzene rings is 1. The molecule has 1 aromatic carbocycles. The molecule has 1 saturated heterocycles. The van der Waals surface area contributed by atoms with Gasteiger partial charge >= 0.3 is 0 Å². The zero-order valence-electron chi connectivity index (χ0n) is 13.9. The largest absolute Gasteiger partial charge is 0.497 e. The van der Waals surface area contributed by atoms with Gasteiger partial charge in [-0.3, -0.25) is 0 Å². The van der Waals surface area contributed by atoms with Crippen molar-refractivity contribution in [2.45, 2.75) is 26.9 Å². The number of methoxy groups -OCH3 is 1. The highest BCUT2D eigenvalue weighted by Crippen LogP contribution is 2.55. The zero-order chi connectivity index (χ0) is 15.9. The Morgan fingerprint density at radius 1 is 1.27 bits per heavy atom. The lowest BCUT2D eigenvalue weighted by Gasteiger charge is -2.55. The van der Waals surface area contributed by atoms with Crippen LogP contribution in [-0.2, 0) is 4.74 Å². The van der Waals surface area contributed by atoms with Gasteiger partial charge in [0, 0.05) is 11.3 Å². The molecule has 0 saturated carbocycles. The maximum Gasteiger partial charge on any atom is 0.118 e. The predicted molar refractivity (Wildman–Crippen MR) is 86.8 cm³/mol. The van der Waals surface area contributed by atoms with Crippen molar-refractivity contribution in [3.05, 3.63) is 41.5 Å². The molecule has 3 heteroatoms. The number of aliphatic hydroxyl groups is 1. The van der Waals surface area contributed by atoms with E-state index in [1.807, 2.05) is 12.1 Å². The Bertz CT molecular complexity index is 563. The Morgan fingerprint density at radius 3 is 2.55 bits per heavy atom. The lowest BCUT2D eigenvalue weighted by Crippen LogP contribution is -2.53. The molecule has 22 heavy (non-hydrogen) atoms. The molecule has 120 valence electrons. The first-order chi connectivity index (χ1) is 10.5. The number of hydrogen-bond donors (Lipinski definition) is 1. The fourth-order valence-electron chi connectivity index (χ4n) is 4.38. The molecule has 3 nitrogen and oxygen atoms in total. The molecule has 3 rings (SSSR count). The Hall–Kier alpha value is -1.32. The Kier molecular flexibility index (Phi) is 4.04. The van der Waals surface area contributed by atoms with Crippen LogP contribution in [0.2, 0.25) is 0 Å². The Morgan fingerprint density at radius 2 is 1.95 bits per heavy atom. The van der Waals surface area contributed by atoms with Crippen molar-refractivity contribution in [3.63, 3.8) is 0 Å². The molecule has 1 fully saturated rings. The minimum absolute atomic E-state index is 0.0596. The first-order valence-electron chi connectivity index (χ1n) is 8.08. The smallest absolute Gasteiger partial charge is 0.118 e. The molecule has 2 bridgehead atoms. The van der Waals surface area contributed by atoms with E-state index in [1.54, 1.807) is 7.11 Å². The SMILES string of the molecule is COc1ccc([C@H]2OC[C@]3(CO)[C@H](C)C=C(C)[C@H]2[C@@H]3C)cc1. The van der Waals surface area contributed by atoms with E-state index in [-0.39, 0.29) is 18.1 Å². The van der Waals surface area contributed by atoms with Crippen molar-refractivity contribution in [1.82, 2.24) is 0 Å². The maximum atomic E-state index is 10.0. The Labute approximate surface area is 132 Å². The number of rotatable bonds is 3. The summed E-state index contributed by atoms with van der Waals surface area (Å²) in [7, 11) is 1.68. The summed E-state index contributed by atoms with van der Waals surface area (Å²) < 4.78 is 11.5. The summed E-state index contributed by atoms with van der Waals surface area (Å²) in [6.45, 7) is 7.47. The van der Waals surface area contributed by atoms with Crippen molar-refractivity contribution in [3.8, 4) is 5.75 Å². The van der Waals surface area contributed by atoms with Crippen LogP contribution in [0.15, 0.2) is 35.9 Å². The van der Waals surface area contributed by atoms with Crippen molar-refractivity contribution in [2.75, 3.05) is 20.3 Å². The first kappa shape index (κ1) is 15.6. The highest BCUT2D eigenvalue weighted by Gasteiger charge is 2.53. The van der Waals surface area contributed by atoms with Crippen LogP contribution >= 0.6 is 0 Å². The van der Waals surface area contributed by atoms with Crippen LogP contribution in [0.4, 0.5) is 0 Å². The Balaban J connectivity index is 1.97. The normalized spacial score (nSPS) is 37.6. The van der Waals surface area contributed by atoms with Crippen molar-refractivity contribution >= 4 is 0 Å². The molecule has 0 spiro atoms. The number of allylic oxidation sites excluding steroid dienone is 1. The summed E-state index contributed by atoms with van der Waals surface area (Å²) >= 11 is 0. The molecule has 1 aliphatic carbocycles. The van der Waals surface area contributed by atoms with Crippen LogP contribution in [0, 0.1) is 23.2 Å². The second-order valence-electron chi connectivity index (χ2n) is 6.91. The highest BCUT2D eigenvalue weighted by atomic mass is 16.5. The molecule has 2 aliphatic rings. The maximum absolute atomic E-state index is 10.0. The third-order valence-corrected chi connectivity index (χ3v) is 5.99. The molecular weight excluding hydrogens is 276 g/mol. The summed E-state index contributed by atoms with van der Waals surface area (Å²) in [5.74, 6) is 1.94. The number of hydrogen-bond acceptors (Lipinski definition) is 3. The van der Waals surface area contributed by atoms with Crippen molar-refractivity contribution < 1.29 is 14.6 Å². The molecule has 0 amide bonds. The molecule has 1 N–H and O–H groups in total. The van der Waals surface area contributed by atoms with Crippen LogP contribution in [0.1, 0.15) is 32.4 Å².